The molecule has 18 heavy (non-hydrogen) atoms. The van der Waals surface area contributed by atoms with E-state index in [-0.39, 0.29) is 17.5 Å². The first-order valence-electron chi connectivity index (χ1n) is 5.79. The van der Waals surface area contributed by atoms with Crippen LogP contribution in [0, 0.1) is 10.1 Å². The van der Waals surface area contributed by atoms with E-state index in [2.05, 4.69) is 0 Å². The van der Waals surface area contributed by atoms with E-state index >= 15 is 0 Å². The summed E-state index contributed by atoms with van der Waals surface area (Å²) >= 11 is 0. The summed E-state index contributed by atoms with van der Waals surface area (Å²) in [5.74, 6) is 0. The maximum absolute atomic E-state index is 10.6. The van der Waals surface area contributed by atoms with Crippen molar-refractivity contribution in [1.29, 1.82) is 0 Å². The van der Waals surface area contributed by atoms with Crippen LogP contribution in [0.4, 0.5) is 11.4 Å². The van der Waals surface area contributed by atoms with Crippen molar-refractivity contribution in [1.82, 2.24) is 4.90 Å². The van der Waals surface area contributed by atoms with Crippen LogP contribution in [0.1, 0.15) is 18.9 Å². The Balaban J connectivity index is 2.63. The van der Waals surface area contributed by atoms with Crippen LogP contribution in [-0.4, -0.2) is 34.6 Å². The smallest absolute Gasteiger partial charge is 0.292 e. The summed E-state index contributed by atoms with van der Waals surface area (Å²) < 4.78 is 0. The molecule has 0 aliphatic rings. The molecule has 6 heteroatoms. The van der Waals surface area contributed by atoms with E-state index in [0.29, 0.717) is 13.0 Å². The van der Waals surface area contributed by atoms with Crippen LogP contribution in [-0.2, 0) is 6.54 Å². The van der Waals surface area contributed by atoms with Gasteiger partial charge >= 0.3 is 0 Å². The second kappa shape index (κ2) is 6.32. The van der Waals surface area contributed by atoms with Crippen LogP contribution in [0.5, 0.6) is 0 Å². The van der Waals surface area contributed by atoms with Gasteiger partial charge in [-0.3, -0.25) is 10.1 Å². The zero-order valence-corrected chi connectivity index (χ0v) is 10.7. The van der Waals surface area contributed by atoms with Crippen molar-refractivity contribution in [2.24, 2.45) is 0 Å². The van der Waals surface area contributed by atoms with Crippen molar-refractivity contribution >= 4 is 11.4 Å². The van der Waals surface area contributed by atoms with Crippen LogP contribution in [0.25, 0.3) is 0 Å². The molecule has 0 amide bonds. The summed E-state index contributed by atoms with van der Waals surface area (Å²) in [6.45, 7) is 3.15. The fourth-order valence-electron chi connectivity index (χ4n) is 1.67. The molecule has 0 aromatic heterocycles. The normalized spacial score (nSPS) is 12.7. The van der Waals surface area contributed by atoms with Crippen LogP contribution in [0.3, 0.4) is 0 Å². The number of rotatable bonds is 6. The topological polar surface area (TPSA) is 92.6 Å². The van der Waals surface area contributed by atoms with Gasteiger partial charge in [0.2, 0.25) is 0 Å². The van der Waals surface area contributed by atoms with E-state index in [1.54, 1.807) is 19.1 Å². The van der Waals surface area contributed by atoms with E-state index in [1.165, 1.54) is 6.07 Å². The number of benzene rings is 1. The molecule has 3 N–H and O–H groups in total. The first-order chi connectivity index (χ1) is 8.40. The highest BCUT2D eigenvalue weighted by Crippen LogP contribution is 2.22. The summed E-state index contributed by atoms with van der Waals surface area (Å²) in [6, 6.07) is 4.75. The minimum atomic E-state index is -0.490. The van der Waals surface area contributed by atoms with Gasteiger partial charge in [0, 0.05) is 19.2 Å². The maximum Gasteiger partial charge on any atom is 0.292 e. The number of hydrogen-bond acceptors (Lipinski definition) is 5. The Bertz CT molecular complexity index is 421. The highest BCUT2D eigenvalue weighted by Gasteiger charge is 2.11. The Hall–Kier alpha value is -1.66. The standard InChI is InChI=1S/C12H19N3O3/c1-9(16)5-6-14(2)8-10-3-4-12(15(17)18)11(13)7-10/h3-4,7,9,16H,5-6,8,13H2,1-2H3. The van der Waals surface area contributed by atoms with Gasteiger partial charge in [-0.25, -0.2) is 0 Å². The minimum absolute atomic E-state index is 0.0645. The van der Waals surface area contributed by atoms with Crippen molar-refractivity contribution in [3.8, 4) is 0 Å². The van der Waals surface area contributed by atoms with Crippen molar-refractivity contribution in [2.75, 3.05) is 19.3 Å². The van der Waals surface area contributed by atoms with Crippen molar-refractivity contribution in [3.05, 3.63) is 33.9 Å². The molecule has 0 heterocycles. The van der Waals surface area contributed by atoms with Gasteiger partial charge in [0.05, 0.1) is 11.0 Å². The average Bonchev–Trinajstić information content (AvgIpc) is 2.26. The van der Waals surface area contributed by atoms with Gasteiger partial charge in [-0.05, 0) is 32.0 Å². The summed E-state index contributed by atoms with van der Waals surface area (Å²) in [5.41, 5.74) is 6.66. The Morgan fingerprint density at radius 1 is 1.56 bits per heavy atom. The zero-order chi connectivity index (χ0) is 13.7. The van der Waals surface area contributed by atoms with E-state index in [9.17, 15) is 15.2 Å². The molecular weight excluding hydrogens is 234 g/mol. The molecule has 6 nitrogen and oxygen atoms in total. The second-order valence-corrected chi connectivity index (χ2v) is 4.53. The highest BCUT2D eigenvalue weighted by atomic mass is 16.6. The quantitative estimate of drug-likeness (QED) is 0.454. The lowest BCUT2D eigenvalue weighted by Gasteiger charge is -2.17. The number of nitrogen functional groups attached to an aromatic ring is 1. The third-order valence-electron chi connectivity index (χ3n) is 2.67. The largest absolute Gasteiger partial charge is 0.393 e. The first-order valence-corrected chi connectivity index (χ1v) is 5.79. The third kappa shape index (κ3) is 4.31. The Labute approximate surface area is 106 Å². The summed E-state index contributed by atoms with van der Waals surface area (Å²) in [7, 11) is 1.93. The molecule has 100 valence electrons. The van der Waals surface area contributed by atoms with E-state index in [1.807, 2.05) is 11.9 Å². The number of nitro groups is 1. The van der Waals surface area contributed by atoms with Crippen LogP contribution in [0.15, 0.2) is 18.2 Å². The van der Waals surface area contributed by atoms with Gasteiger partial charge in [-0.2, -0.15) is 0 Å². The molecule has 1 rings (SSSR count). The van der Waals surface area contributed by atoms with Crippen molar-refractivity contribution in [2.45, 2.75) is 26.0 Å². The van der Waals surface area contributed by atoms with Gasteiger partial charge in [0.15, 0.2) is 0 Å². The molecule has 1 unspecified atom stereocenters. The molecule has 1 atom stereocenters. The van der Waals surface area contributed by atoms with Gasteiger partial charge in [-0.1, -0.05) is 6.07 Å². The molecule has 1 aromatic carbocycles. The van der Waals surface area contributed by atoms with Gasteiger partial charge in [0.1, 0.15) is 5.69 Å². The minimum Gasteiger partial charge on any atom is -0.393 e. The van der Waals surface area contributed by atoms with Crippen molar-refractivity contribution in [3.63, 3.8) is 0 Å². The van der Waals surface area contributed by atoms with Crippen LogP contribution in [0.2, 0.25) is 0 Å². The lowest BCUT2D eigenvalue weighted by molar-refractivity contribution is -0.383. The predicted molar refractivity (Wildman–Crippen MR) is 70.1 cm³/mol. The zero-order valence-electron chi connectivity index (χ0n) is 10.7. The monoisotopic (exact) mass is 253 g/mol. The molecule has 0 spiro atoms. The number of nitrogens with two attached hydrogens (primary N) is 1. The fraction of sp³-hybridized carbons (Fsp3) is 0.500. The number of aliphatic hydroxyl groups excluding tert-OH is 1. The molecule has 0 radical (unpaired) electrons. The average molecular weight is 253 g/mol. The number of nitro benzene ring substituents is 1. The summed E-state index contributed by atoms with van der Waals surface area (Å²) in [6.07, 6.45) is 0.369. The Morgan fingerprint density at radius 3 is 2.72 bits per heavy atom. The number of anilines is 1. The summed E-state index contributed by atoms with van der Waals surface area (Å²) in [4.78, 5) is 12.2. The first kappa shape index (κ1) is 14.4. The molecule has 0 aliphatic carbocycles. The lowest BCUT2D eigenvalue weighted by atomic mass is 10.1. The predicted octanol–water partition coefficient (Wildman–Crippen LogP) is 1.38. The molecule has 0 aliphatic heterocycles. The van der Waals surface area contributed by atoms with E-state index < -0.39 is 4.92 Å². The van der Waals surface area contributed by atoms with Gasteiger partial charge < -0.3 is 15.7 Å². The second-order valence-electron chi connectivity index (χ2n) is 4.53. The summed E-state index contributed by atoms with van der Waals surface area (Å²) in [5, 5.41) is 19.8. The van der Waals surface area contributed by atoms with Gasteiger partial charge in [-0.15, -0.1) is 0 Å². The molecule has 0 saturated carbocycles. The molecular formula is C12H19N3O3. The number of nitrogens with zero attached hydrogens (tertiary/aromatic N) is 2. The fourth-order valence-corrected chi connectivity index (χ4v) is 1.67. The third-order valence-corrected chi connectivity index (χ3v) is 2.67. The van der Waals surface area contributed by atoms with Crippen LogP contribution >= 0.6 is 0 Å². The highest BCUT2D eigenvalue weighted by molar-refractivity contribution is 5.59. The molecule has 0 fully saturated rings. The molecule has 0 bridgehead atoms. The number of hydrogen-bond donors (Lipinski definition) is 2. The van der Waals surface area contributed by atoms with E-state index in [0.717, 1.165) is 12.1 Å². The molecule has 1 aromatic rings. The maximum atomic E-state index is 10.6. The van der Waals surface area contributed by atoms with Crippen LogP contribution < -0.4 is 5.73 Å². The lowest BCUT2D eigenvalue weighted by Crippen LogP contribution is -2.22. The Morgan fingerprint density at radius 2 is 2.22 bits per heavy atom. The van der Waals surface area contributed by atoms with E-state index in [4.69, 9.17) is 5.73 Å². The van der Waals surface area contributed by atoms with Crippen molar-refractivity contribution < 1.29 is 10.0 Å². The molecule has 0 saturated heterocycles. The SMILES string of the molecule is CC(O)CCN(C)Cc1ccc([N+](=O)[O-])c(N)c1. The number of aliphatic hydroxyl groups is 1. The Kier molecular flexibility index (Phi) is 5.06. The van der Waals surface area contributed by atoms with Gasteiger partial charge in [0.25, 0.3) is 5.69 Å².